The van der Waals surface area contributed by atoms with Crippen LogP contribution in [-0.4, -0.2) is 18.1 Å². The molecule has 0 saturated carbocycles. The fourth-order valence-corrected chi connectivity index (χ4v) is 3.02. The monoisotopic (exact) mass is 297 g/mol. The SMILES string of the molecule is COC(=O)c1ccc2[nH]c(CSc3ccccc3)cc2c1. The molecular formula is C17H15NO2S. The molecule has 1 N–H and O–H groups in total. The number of aromatic nitrogens is 1. The van der Waals surface area contributed by atoms with Gasteiger partial charge in [-0.2, -0.15) is 0 Å². The summed E-state index contributed by atoms with van der Waals surface area (Å²) in [5.74, 6) is 0.560. The number of benzene rings is 2. The van der Waals surface area contributed by atoms with Crippen molar-refractivity contribution in [3.63, 3.8) is 0 Å². The van der Waals surface area contributed by atoms with E-state index in [1.807, 2.05) is 30.3 Å². The normalized spacial score (nSPS) is 10.7. The van der Waals surface area contributed by atoms with Crippen molar-refractivity contribution in [3.05, 3.63) is 65.9 Å². The van der Waals surface area contributed by atoms with Crippen molar-refractivity contribution in [1.82, 2.24) is 4.98 Å². The number of nitrogens with one attached hydrogen (secondary N) is 1. The Balaban J connectivity index is 1.79. The molecule has 3 aromatic rings. The Morgan fingerprint density at radius 3 is 2.71 bits per heavy atom. The van der Waals surface area contributed by atoms with E-state index in [2.05, 4.69) is 23.2 Å². The van der Waals surface area contributed by atoms with Gasteiger partial charge in [0.05, 0.1) is 12.7 Å². The molecule has 0 atom stereocenters. The van der Waals surface area contributed by atoms with E-state index in [1.54, 1.807) is 17.8 Å². The first-order chi connectivity index (χ1) is 10.3. The molecule has 0 fully saturated rings. The van der Waals surface area contributed by atoms with Crippen LogP contribution in [-0.2, 0) is 10.5 Å². The lowest BCUT2D eigenvalue weighted by molar-refractivity contribution is 0.0601. The Morgan fingerprint density at radius 1 is 1.14 bits per heavy atom. The zero-order valence-electron chi connectivity index (χ0n) is 11.6. The maximum atomic E-state index is 11.5. The molecule has 0 aliphatic heterocycles. The van der Waals surface area contributed by atoms with E-state index in [0.29, 0.717) is 5.56 Å². The number of methoxy groups -OCH3 is 1. The fraction of sp³-hybridized carbons (Fsp3) is 0.118. The molecule has 3 nitrogen and oxygen atoms in total. The molecule has 106 valence electrons. The zero-order valence-corrected chi connectivity index (χ0v) is 12.4. The molecule has 4 heteroatoms. The van der Waals surface area contributed by atoms with Crippen molar-refractivity contribution >= 4 is 28.6 Å². The summed E-state index contributed by atoms with van der Waals surface area (Å²) >= 11 is 1.78. The number of hydrogen-bond acceptors (Lipinski definition) is 3. The molecular weight excluding hydrogens is 282 g/mol. The number of carbonyl (C=O) groups is 1. The van der Waals surface area contributed by atoms with Crippen LogP contribution >= 0.6 is 11.8 Å². The number of hydrogen-bond donors (Lipinski definition) is 1. The molecule has 0 spiro atoms. The first kappa shape index (κ1) is 13.8. The summed E-state index contributed by atoms with van der Waals surface area (Å²) in [6.45, 7) is 0. The third-order valence-electron chi connectivity index (χ3n) is 3.24. The molecule has 0 saturated heterocycles. The van der Waals surface area contributed by atoms with E-state index >= 15 is 0 Å². The van der Waals surface area contributed by atoms with Crippen LogP contribution in [0.3, 0.4) is 0 Å². The van der Waals surface area contributed by atoms with Gasteiger partial charge in [0.1, 0.15) is 0 Å². The minimum atomic E-state index is -0.307. The number of rotatable bonds is 4. The van der Waals surface area contributed by atoms with E-state index in [1.165, 1.54) is 12.0 Å². The summed E-state index contributed by atoms with van der Waals surface area (Å²) in [6, 6.07) is 17.9. The van der Waals surface area contributed by atoms with Crippen LogP contribution in [0.5, 0.6) is 0 Å². The summed E-state index contributed by atoms with van der Waals surface area (Å²) in [5.41, 5.74) is 2.75. The van der Waals surface area contributed by atoms with Crippen LogP contribution in [0.1, 0.15) is 16.1 Å². The standard InChI is InChI=1S/C17H15NO2S/c1-20-17(19)12-7-8-16-13(9-12)10-14(18-16)11-21-15-5-3-2-4-6-15/h2-10,18H,11H2,1H3. The number of aromatic amines is 1. The van der Waals surface area contributed by atoms with Crippen LogP contribution in [0.2, 0.25) is 0 Å². The van der Waals surface area contributed by atoms with Gasteiger partial charge in [-0.05, 0) is 36.4 Å². The summed E-state index contributed by atoms with van der Waals surface area (Å²) in [4.78, 5) is 16.2. The second-order valence-corrected chi connectivity index (χ2v) is 5.74. The Labute approximate surface area is 127 Å². The molecule has 0 radical (unpaired) electrons. The van der Waals surface area contributed by atoms with Gasteiger partial charge in [0, 0.05) is 27.2 Å². The highest BCUT2D eigenvalue weighted by Crippen LogP contribution is 2.25. The van der Waals surface area contributed by atoms with E-state index in [-0.39, 0.29) is 5.97 Å². The highest BCUT2D eigenvalue weighted by molar-refractivity contribution is 7.98. The summed E-state index contributed by atoms with van der Waals surface area (Å²) < 4.78 is 4.74. The van der Waals surface area contributed by atoms with Crippen LogP contribution < -0.4 is 0 Å². The van der Waals surface area contributed by atoms with Gasteiger partial charge in [-0.3, -0.25) is 0 Å². The van der Waals surface area contributed by atoms with Gasteiger partial charge in [-0.25, -0.2) is 4.79 Å². The van der Waals surface area contributed by atoms with Crippen molar-refractivity contribution in [2.24, 2.45) is 0 Å². The minimum absolute atomic E-state index is 0.307. The molecule has 0 aliphatic carbocycles. The third-order valence-corrected chi connectivity index (χ3v) is 4.30. The number of H-pyrrole nitrogens is 1. The van der Waals surface area contributed by atoms with Gasteiger partial charge >= 0.3 is 5.97 Å². The molecule has 0 amide bonds. The second-order valence-electron chi connectivity index (χ2n) is 4.69. The first-order valence-corrected chi connectivity index (χ1v) is 7.62. The fourth-order valence-electron chi connectivity index (χ4n) is 2.19. The maximum absolute atomic E-state index is 11.5. The van der Waals surface area contributed by atoms with Gasteiger partial charge in [-0.15, -0.1) is 11.8 Å². The Bertz CT molecular complexity index is 765. The van der Waals surface area contributed by atoms with Crippen molar-refractivity contribution in [2.75, 3.05) is 7.11 Å². The van der Waals surface area contributed by atoms with Gasteiger partial charge in [0.2, 0.25) is 0 Å². The molecule has 1 heterocycles. The van der Waals surface area contributed by atoms with Gasteiger partial charge in [0.25, 0.3) is 0 Å². The highest BCUT2D eigenvalue weighted by Gasteiger charge is 2.08. The predicted molar refractivity (Wildman–Crippen MR) is 85.6 cm³/mol. The quantitative estimate of drug-likeness (QED) is 0.578. The second kappa shape index (κ2) is 6.06. The summed E-state index contributed by atoms with van der Waals surface area (Å²) in [5, 5.41) is 1.03. The van der Waals surface area contributed by atoms with Crippen molar-refractivity contribution in [2.45, 2.75) is 10.6 Å². The number of thioether (sulfide) groups is 1. The first-order valence-electron chi connectivity index (χ1n) is 6.64. The van der Waals surface area contributed by atoms with E-state index in [0.717, 1.165) is 22.3 Å². The van der Waals surface area contributed by atoms with Gasteiger partial charge in [0.15, 0.2) is 0 Å². The van der Waals surface area contributed by atoms with E-state index < -0.39 is 0 Å². The minimum Gasteiger partial charge on any atom is -0.465 e. The number of esters is 1. The smallest absolute Gasteiger partial charge is 0.337 e. The van der Waals surface area contributed by atoms with E-state index in [4.69, 9.17) is 4.74 Å². The number of fused-ring (bicyclic) bond motifs is 1. The van der Waals surface area contributed by atoms with Crippen LogP contribution in [0, 0.1) is 0 Å². The highest BCUT2D eigenvalue weighted by atomic mass is 32.2. The van der Waals surface area contributed by atoms with Crippen molar-refractivity contribution in [1.29, 1.82) is 0 Å². The van der Waals surface area contributed by atoms with Crippen LogP contribution in [0.4, 0.5) is 0 Å². The maximum Gasteiger partial charge on any atom is 0.337 e. The molecule has 21 heavy (non-hydrogen) atoms. The lowest BCUT2D eigenvalue weighted by Gasteiger charge is -1.98. The molecule has 0 bridgehead atoms. The molecule has 2 aromatic carbocycles. The molecule has 1 aromatic heterocycles. The van der Waals surface area contributed by atoms with Crippen LogP contribution in [0.15, 0.2) is 59.5 Å². The molecule has 0 aliphatic rings. The van der Waals surface area contributed by atoms with Crippen molar-refractivity contribution in [3.8, 4) is 0 Å². The van der Waals surface area contributed by atoms with Crippen molar-refractivity contribution < 1.29 is 9.53 Å². The largest absolute Gasteiger partial charge is 0.465 e. The Hall–Kier alpha value is -2.20. The average molecular weight is 297 g/mol. The summed E-state index contributed by atoms with van der Waals surface area (Å²) in [6.07, 6.45) is 0. The van der Waals surface area contributed by atoms with Gasteiger partial charge in [-0.1, -0.05) is 18.2 Å². The lowest BCUT2D eigenvalue weighted by Crippen LogP contribution is -2.00. The van der Waals surface area contributed by atoms with E-state index in [9.17, 15) is 4.79 Å². The zero-order chi connectivity index (χ0) is 14.7. The Morgan fingerprint density at radius 2 is 1.95 bits per heavy atom. The Kier molecular flexibility index (Phi) is 3.97. The topological polar surface area (TPSA) is 42.1 Å². The number of ether oxygens (including phenoxy) is 1. The summed E-state index contributed by atoms with van der Waals surface area (Å²) in [7, 11) is 1.39. The predicted octanol–water partition coefficient (Wildman–Crippen LogP) is 4.25. The number of carbonyl (C=O) groups excluding carboxylic acids is 1. The third kappa shape index (κ3) is 3.11. The molecule has 3 rings (SSSR count). The van der Waals surface area contributed by atoms with Gasteiger partial charge < -0.3 is 9.72 Å². The lowest BCUT2D eigenvalue weighted by atomic mass is 10.1. The average Bonchev–Trinajstić information content (AvgIpc) is 2.95. The molecule has 0 unspecified atom stereocenters. The van der Waals surface area contributed by atoms with Crippen LogP contribution in [0.25, 0.3) is 10.9 Å².